The van der Waals surface area contributed by atoms with Gasteiger partial charge in [-0.25, -0.2) is 24.9 Å². The molecule has 0 atom stereocenters. The highest BCUT2D eigenvalue weighted by molar-refractivity contribution is 5.83. The summed E-state index contributed by atoms with van der Waals surface area (Å²) >= 11 is 0. The number of fused-ring (bicyclic) bond motifs is 2. The molecule has 0 saturated heterocycles. The molecular weight excluding hydrogens is 522 g/mol. The second-order valence-corrected chi connectivity index (χ2v) is 9.81. The van der Waals surface area contributed by atoms with Gasteiger partial charge >= 0.3 is 0 Å². The molecule has 0 aliphatic heterocycles. The number of benzene rings is 5. The molecule has 0 bridgehead atoms. The van der Waals surface area contributed by atoms with E-state index < -0.39 is 0 Å². The fourth-order valence-electron chi connectivity index (χ4n) is 4.89. The largest absolute Gasteiger partial charge is 0.436 e. The van der Waals surface area contributed by atoms with Crippen LogP contribution in [0.2, 0.25) is 0 Å². The molecule has 8 rings (SSSR count). The van der Waals surface area contributed by atoms with Gasteiger partial charge in [0.2, 0.25) is 11.8 Å². The van der Waals surface area contributed by atoms with Crippen molar-refractivity contribution >= 4 is 22.2 Å². The molecule has 0 aliphatic carbocycles. The van der Waals surface area contributed by atoms with Crippen molar-refractivity contribution in [2.24, 2.45) is 0 Å². The fourth-order valence-corrected chi connectivity index (χ4v) is 4.89. The minimum atomic E-state index is 0.529. The van der Waals surface area contributed by atoms with Gasteiger partial charge in [0.05, 0.1) is 0 Å². The average molecular weight is 544 g/mol. The molecule has 0 unspecified atom stereocenters. The van der Waals surface area contributed by atoms with Gasteiger partial charge in [-0.3, -0.25) is 0 Å². The third kappa shape index (κ3) is 4.39. The Morgan fingerprint density at radius 1 is 0.333 bits per heavy atom. The molecular formula is C35H21N5O2. The Balaban J connectivity index is 1.24. The third-order valence-electron chi connectivity index (χ3n) is 7.00. The van der Waals surface area contributed by atoms with Crippen molar-refractivity contribution in [3.8, 4) is 57.1 Å². The van der Waals surface area contributed by atoms with Crippen molar-refractivity contribution in [1.82, 2.24) is 24.9 Å². The highest BCUT2D eigenvalue weighted by Gasteiger charge is 2.16. The summed E-state index contributed by atoms with van der Waals surface area (Å²) in [6.45, 7) is 0. The summed E-state index contributed by atoms with van der Waals surface area (Å²) in [5.41, 5.74) is 7.17. The molecule has 0 fully saturated rings. The van der Waals surface area contributed by atoms with Gasteiger partial charge in [-0.1, -0.05) is 66.7 Å². The SMILES string of the molecule is c1ccc(-c2nc(-c3ccc4nc(-c5ccccc5)oc4c3)nc(-c3ccc4nc(-c5ccccc5)oc4c3)n2)cc1. The first kappa shape index (κ1) is 23.9. The summed E-state index contributed by atoms with van der Waals surface area (Å²) in [7, 11) is 0. The minimum Gasteiger partial charge on any atom is -0.436 e. The van der Waals surface area contributed by atoms with Gasteiger partial charge in [0, 0.05) is 27.8 Å². The fraction of sp³-hybridized carbons (Fsp3) is 0. The predicted octanol–water partition coefficient (Wildman–Crippen LogP) is 8.49. The Labute approximate surface area is 240 Å². The van der Waals surface area contributed by atoms with Gasteiger partial charge in [0.15, 0.2) is 28.6 Å². The highest BCUT2D eigenvalue weighted by atomic mass is 16.4. The Morgan fingerprint density at radius 2 is 0.714 bits per heavy atom. The molecule has 7 heteroatoms. The van der Waals surface area contributed by atoms with Crippen LogP contribution >= 0.6 is 0 Å². The van der Waals surface area contributed by atoms with E-state index in [1.54, 1.807) is 0 Å². The molecule has 5 aromatic carbocycles. The second-order valence-electron chi connectivity index (χ2n) is 9.81. The molecule has 3 heterocycles. The van der Waals surface area contributed by atoms with Crippen molar-refractivity contribution in [1.29, 1.82) is 0 Å². The van der Waals surface area contributed by atoms with E-state index in [1.807, 2.05) is 127 Å². The van der Waals surface area contributed by atoms with Crippen LogP contribution in [-0.2, 0) is 0 Å². The van der Waals surface area contributed by atoms with Crippen molar-refractivity contribution < 1.29 is 8.83 Å². The van der Waals surface area contributed by atoms with E-state index in [0.717, 1.165) is 38.9 Å². The smallest absolute Gasteiger partial charge is 0.227 e. The van der Waals surface area contributed by atoms with Gasteiger partial charge in [-0.15, -0.1) is 0 Å². The first-order chi connectivity index (χ1) is 20.8. The second kappa shape index (κ2) is 9.91. The van der Waals surface area contributed by atoms with E-state index in [2.05, 4.69) is 9.97 Å². The van der Waals surface area contributed by atoms with E-state index in [-0.39, 0.29) is 0 Å². The van der Waals surface area contributed by atoms with E-state index in [9.17, 15) is 0 Å². The lowest BCUT2D eigenvalue weighted by Crippen LogP contribution is -2.00. The molecule has 3 aromatic heterocycles. The molecule has 0 amide bonds. The Hall–Kier alpha value is -5.95. The summed E-state index contributed by atoms with van der Waals surface area (Å²) in [6, 6.07) is 41.2. The Kier molecular flexibility index (Phi) is 5.64. The van der Waals surface area contributed by atoms with Crippen LogP contribution < -0.4 is 0 Å². The lowest BCUT2D eigenvalue weighted by molar-refractivity contribution is 0.619. The van der Waals surface area contributed by atoms with Crippen LogP contribution in [0.3, 0.4) is 0 Å². The summed E-state index contributed by atoms with van der Waals surface area (Å²) in [4.78, 5) is 23.9. The first-order valence-electron chi connectivity index (χ1n) is 13.5. The number of oxazole rings is 2. The maximum absolute atomic E-state index is 6.13. The molecule has 8 aromatic rings. The van der Waals surface area contributed by atoms with Crippen LogP contribution in [0.5, 0.6) is 0 Å². The number of nitrogens with zero attached hydrogens (tertiary/aromatic N) is 5. The van der Waals surface area contributed by atoms with E-state index in [1.165, 1.54) is 0 Å². The lowest BCUT2D eigenvalue weighted by atomic mass is 10.1. The summed E-state index contributed by atoms with van der Waals surface area (Å²) in [6.07, 6.45) is 0. The normalized spacial score (nSPS) is 11.3. The molecule has 0 N–H and O–H groups in total. The quantitative estimate of drug-likeness (QED) is 0.215. The maximum atomic E-state index is 6.13. The van der Waals surface area contributed by atoms with Gasteiger partial charge in [-0.05, 0) is 60.7 Å². The van der Waals surface area contributed by atoms with Crippen LogP contribution in [0.25, 0.3) is 79.3 Å². The zero-order chi connectivity index (χ0) is 27.9. The van der Waals surface area contributed by atoms with Gasteiger partial charge in [-0.2, -0.15) is 0 Å². The van der Waals surface area contributed by atoms with Crippen molar-refractivity contribution in [3.63, 3.8) is 0 Å². The molecule has 198 valence electrons. The van der Waals surface area contributed by atoms with Crippen LogP contribution in [0.15, 0.2) is 136 Å². The number of aromatic nitrogens is 5. The van der Waals surface area contributed by atoms with E-state index in [0.29, 0.717) is 40.4 Å². The van der Waals surface area contributed by atoms with Gasteiger partial charge < -0.3 is 8.83 Å². The summed E-state index contributed by atoms with van der Waals surface area (Å²) in [5.74, 6) is 2.77. The topological polar surface area (TPSA) is 90.7 Å². The number of hydrogen-bond acceptors (Lipinski definition) is 7. The molecule has 7 nitrogen and oxygen atoms in total. The predicted molar refractivity (Wildman–Crippen MR) is 162 cm³/mol. The maximum Gasteiger partial charge on any atom is 0.227 e. The minimum absolute atomic E-state index is 0.529. The lowest BCUT2D eigenvalue weighted by Gasteiger charge is -2.08. The Morgan fingerprint density at radius 3 is 1.14 bits per heavy atom. The van der Waals surface area contributed by atoms with Crippen LogP contribution in [0.4, 0.5) is 0 Å². The third-order valence-corrected chi connectivity index (χ3v) is 7.00. The molecule has 0 saturated carbocycles. The molecule has 0 radical (unpaired) electrons. The highest BCUT2D eigenvalue weighted by Crippen LogP contribution is 2.31. The van der Waals surface area contributed by atoms with Crippen LogP contribution in [0.1, 0.15) is 0 Å². The number of hydrogen-bond donors (Lipinski definition) is 0. The standard InChI is InChI=1S/C35H21N5O2/c1-4-10-22(11-5-1)31-38-32(25-16-18-27-29(20-25)41-34(36-27)23-12-6-2-7-13-23)40-33(39-31)26-17-19-28-30(21-26)42-35(37-28)24-14-8-3-9-15-24/h1-21H. The summed E-state index contributed by atoms with van der Waals surface area (Å²) < 4.78 is 12.3. The average Bonchev–Trinajstić information content (AvgIpc) is 3.70. The van der Waals surface area contributed by atoms with Gasteiger partial charge in [0.25, 0.3) is 0 Å². The van der Waals surface area contributed by atoms with Crippen molar-refractivity contribution in [3.05, 3.63) is 127 Å². The van der Waals surface area contributed by atoms with E-state index >= 15 is 0 Å². The first-order valence-corrected chi connectivity index (χ1v) is 13.5. The molecule has 0 spiro atoms. The zero-order valence-electron chi connectivity index (χ0n) is 22.2. The summed E-state index contributed by atoms with van der Waals surface area (Å²) in [5, 5.41) is 0. The van der Waals surface area contributed by atoms with E-state index in [4.69, 9.17) is 23.8 Å². The number of rotatable bonds is 5. The molecule has 0 aliphatic rings. The van der Waals surface area contributed by atoms with Crippen LogP contribution in [-0.4, -0.2) is 24.9 Å². The monoisotopic (exact) mass is 543 g/mol. The van der Waals surface area contributed by atoms with Crippen molar-refractivity contribution in [2.45, 2.75) is 0 Å². The van der Waals surface area contributed by atoms with Gasteiger partial charge in [0.1, 0.15) is 11.0 Å². The van der Waals surface area contributed by atoms with Crippen LogP contribution in [0, 0.1) is 0 Å². The van der Waals surface area contributed by atoms with Crippen molar-refractivity contribution in [2.75, 3.05) is 0 Å². The molecule has 42 heavy (non-hydrogen) atoms. The zero-order valence-corrected chi connectivity index (χ0v) is 22.2. The Bertz CT molecular complexity index is 2050.